The van der Waals surface area contributed by atoms with E-state index in [4.69, 9.17) is 4.43 Å². The molecule has 0 bridgehead atoms. The summed E-state index contributed by atoms with van der Waals surface area (Å²) in [4.78, 5) is 0. The second-order valence-corrected chi connectivity index (χ2v) is 11.0. The summed E-state index contributed by atoms with van der Waals surface area (Å²) < 4.78 is 6.20. The molecule has 0 heterocycles. The van der Waals surface area contributed by atoms with Gasteiger partial charge in [-0.25, -0.2) is 0 Å². The van der Waals surface area contributed by atoms with Gasteiger partial charge in [0.15, 0.2) is 8.32 Å². The van der Waals surface area contributed by atoms with Crippen molar-refractivity contribution in [3.63, 3.8) is 0 Å². The van der Waals surface area contributed by atoms with Gasteiger partial charge in [0, 0.05) is 0 Å². The fourth-order valence-corrected chi connectivity index (χ4v) is 2.50. The summed E-state index contributed by atoms with van der Waals surface area (Å²) in [5.74, 6) is 0. The minimum atomic E-state index is -1.53. The Hall–Kier alpha value is -0.0831. The molecule has 0 amide bonds. The van der Waals surface area contributed by atoms with Crippen molar-refractivity contribution in [2.75, 3.05) is 6.61 Å². The van der Waals surface area contributed by atoms with E-state index in [0.29, 0.717) is 5.04 Å². The van der Waals surface area contributed by atoms with Crippen molar-refractivity contribution in [2.45, 2.75) is 64.6 Å². The number of hydrogen-bond donors (Lipinski definition) is 0. The summed E-state index contributed by atoms with van der Waals surface area (Å²) in [5, 5.41) is 0.336. The van der Waals surface area contributed by atoms with Gasteiger partial charge >= 0.3 is 0 Å². The first-order valence-electron chi connectivity index (χ1n) is 6.15. The summed E-state index contributed by atoms with van der Waals surface area (Å²) >= 11 is 0. The lowest BCUT2D eigenvalue weighted by molar-refractivity contribution is 0.312. The highest BCUT2D eigenvalue weighted by Gasteiger charge is 2.37. The van der Waals surface area contributed by atoms with Crippen LogP contribution in [0.15, 0.2) is 11.6 Å². The topological polar surface area (TPSA) is 9.23 Å². The molecule has 0 aromatic rings. The minimum Gasteiger partial charge on any atom is -0.413 e. The molecule has 0 unspecified atom stereocenters. The van der Waals surface area contributed by atoms with Crippen LogP contribution in [0.4, 0.5) is 0 Å². The molecule has 0 aliphatic heterocycles. The van der Waals surface area contributed by atoms with E-state index in [9.17, 15) is 0 Å². The Balaban J connectivity index is 2.45. The molecular formula is C13H26OSi. The average molecular weight is 226 g/mol. The van der Waals surface area contributed by atoms with Crippen LogP contribution < -0.4 is 0 Å². The van der Waals surface area contributed by atoms with Crippen molar-refractivity contribution in [3.05, 3.63) is 11.6 Å². The normalized spacial score (nSPS) is 18.9. The Bertz CT molecular complexity index is 235. The third-order valence-electron chi connectivity index (χ3n) is 3.81. The molecule has 0 aromatic heterocycles. The van der Waals surface area contributed by atoms with Crippen LogP contribution in [0, 0.1) is 0 Å². The van der Waals surface area contributed by atoms with E-state index in [1.54, 1.807) is 0 Å². The van der Waals surface area contributed by atoms with Crippen LogP contribution in [0.1, 0.15) is 46.5 Å². The molecular weight excluding hydrogens is 200 g/mol. The molecule has 0 saturated carbocycles. The molecule has 1 rings (SSSR count). The molecule has 0 atom stereocenters. The molecule has 0 saturated heterocycles. The van der Waals surface area contributed by atoms with Crippen LogP contribution in [0.25, 0.3) is 0 Å². The molecule has 1 nitrogen and oxygen atoms in total. The van der Waals surface area contributed by atoms with E-state index in [2.05, 4.69) is 39.9 Å². The Labute approximate surface area is 96.0 Å². The molecule has 0 spiro atoms. The van der Waals surface area contributed by atoms with Gasteiger partial charge in [-0.3, -0.25) is 0 Å². The first-order valence-corrected chi connectivity index (χ1v) is 9.06. The monoisotopic (exact) mass is 226 g/mol. The van der Waals surface area contributed by atoms with Gasteiger partial charge in [-0.2, -0.15) is 0 Å². The molecule has 0 radical (unpaired) electrons. The van der Waals surface area contributed by atoms with Gasteiger partial charge in [0.2, 0.25) is 0 Å². The van der Waals surface area contributed by atoms with Gasteiger partial charge in [0.1, 0.15) is 0 Å². The van der Waals surface area contributed by atoms with Crippen LogP contribution in [0.5, 0.6) is 0 Å². The first kappa shape index (κ1) is 13.0. The molecule has 0 fully saturated rings. The summed E-state index contributed by atoms with van der Waals surface area (Å²) in [5.41, 5.74) is 1.53. The lowest BCUT2D eigenvalue weighted by atomic mass is 10.0. The van der Waals surface area contributed by atoms with E-state index >= 15 is 0 Å². The predicted octanol–water partition coefficient (Wildman–Crippen LogP) is 4.51. The van der Waals surface area contributed by atoms with E-state index in [0.717, 1.165) is 6.61 Å². The summed E-state index contributed by atoms with van der Waals surface area (Å²) in [6.07, 6.45) is 7.62. The Morgan fingerprint density at radius 1 is 1.27 bits per heavy atom. The van der Waals surface area contributed by atoms with E-state index in [1.807, 2.05) is 0 Å². The second-order valence-electron chi connectivity index (χ2n) is 6.16. The smallest absolute Gasteiger partial charge is 0.192 e. The summed E-state index contributed by atoms with van der Waals surface area (Å²) in [6, 6.07) is 0. The second kappa shape index (κ2) is 4.83. The van der Waals surface area contributed by atoms with Crippen molar-refractivity contribution in [3.8, 4) is 0 Å². The minimum absolute atomic E-state index is 0.336. The van der Waals surface area contributed by atoms with Gasteiger partial charge in [-0.15, -0.1) is 0 Å². The third-order valence-corrected chi connectivity index (χ3v) is 8.29. The Morgan fingerprint density at radius 2 is 1.93 bits per heavy atom. The van der Waals surface area contributed by atoms with Crippen LogP contribution in [-0.4, -0.2) is 14.9 Å². The lowest BCUT2D eigenvalue weighted by Gasteiger charge is -2.36. The quantitative estimate of drug-likeness (QED) is 0.508. The largest absolute Gasteiger partial charge is 0.413 e. The SMILES string of the molecule is CC(C)(C)[Si](C)(C)OCC1=CCCCC1. The molecule has 1 aliphatic carbocycles. The summed E-state index contributed by atoms with van der Waals surface area (Å²) in [7, 11) is -1.53. The van der Waals surface area contributed by atoms with Crippen molar-refractivity contribution in [1.82, 2.24) is 0 Å². The lowest BCUT2D eigenvalue weighted by Crippen LogP contribution is -2.41. The van der Waals surface area contributed by atoms with Gasteiger partial charge in [0.25, 0.3) is 0 Å². The van der Waals surface area contributed by atoms with Gasteiger partial charge in [-0.05, 0) is 49.4 Å². The molecule has 1 aliphatic rings. The first-order chi connectivity index (χ1) is 6.83. The zero-order chi connectivity index (χ0) is 11.5. The molecule has 0 N–H and O–H groups in total. The van der Waals surface area contributed by atoms with Crippen molar-refractivity contribution < 1.29 is 4.43 Å². The highest BCUT2D eigenvalue weighted by molar-refractivity contribution is 6.74. The molecule has 15 heavy (non-hydrogen) atoms. The molecule has 88 valence electrons. The maximum absolute atomic E-state index is 6.20. The maximum atomic E-state index is 6.20. The van der Waals surface area contributed by atoms with Crippen molar-refractivity contribution >= 4 is 8.32 Å². The summed E-state index contributed by atoms with van der Waals surface area (Å²) in [6.45, 7) is 12.4. The van der Waals surface area contributed by atoms with Crippen LogP contribution in [-0.2, 0) is 4.43 Å². The number of rotatable bonds is 3. The van der Waals surface area contributed by atoms with Crippen molar-refractivity contribution in [1.29, 1.82) is 0 Å². The van der Waals surface area contributed by atoms with Gasteiger partial charge < -0.3 is 4.43 Å². The van der Waals surface area contributed by atoms with Crippen LogP contribution >= 0.6 is 0 Å². The predicted molar refractivity (Wildman–Crippen MR) is 69.7 cm³/mol. The molecule has 0 aromatic carbocycles. The third kappa shape index (κ3) is 3.76. The van der Waals surface area contributed by atoms with Gasteiger partial charge in [0.05, 0.1) is 6.61 Å². The van der Waals surface area contributed by atoms with Crippen LogP contribution in [0.3, 0.4) is 0 Å². The zero-order valence-electron chi connectivity index (χ0n) is 11.0. The zero-order valence-corrected chi connectivity index (χ0v) is 12.0. The fourth-order valence-electron chi connectivity index (χ4n) is 1.53. The van der Waals surface area contributed by atoms with E-state index in [1.165, 1.54) is 31.3 Å². The standard InChI is InChI=1S/C13H26OSi/c1-13(2,3)15(4,5)14-11-12-9-7-6-8-10-12/h9H,6-8,10-11H2,1-5H3. The average Bonchev–Trinajstić information content (AvgIpc) is 2.15. The fraction of sp³-hybridized carbons (Fsp3) is 0.846. The number of allylic oxidation sites excluding steroid dienone is 1. The Morgan fingerprint density at radius 3 is 2.40 bits per heavy atom. The van der Waals surface area contributed by atoms with Crippen molar-refractivity contribution in [2.24, 2.45) is 0 Å². The van der Waals surface area contributed by atoms with Gasteiger partial charge in [-0.1, -0.05) is 26.8 Å². The highest BCUT2D eigenvalue weighted by atomic mass is 28.4. The Kier molecular flexibility index (Phi) is 4.18. The number of hydrogen-bond acceptors (Lipinski definition) is 1. The van der Waals surface area contributed by atoms with E-state index < -0.39 is 8.32 Å². The van der Waals surface area contributed by atoms with Crippen LogP contribution in [0.2, 0.25) is 18.1 Å². The van der Waals surface area contributed by atoms with E-state index in [-0.39, 0.29) is 0 Å². The highest BCUT2D eigenvalue weighted by Crippen LogP contribution is 2.37. The molecule has 2 heteroatoms. The maximum Gasteiger partial charge on any atom is 0.192 e.